The maximum Gasteiger partial charge on any atom is 0.0604 e. The first kappa shape index (κ1) is 12.4. The molecule has 1 aromatic rings. The van der Waals surface area contributed by atoms with Crippen LogP contribution >= 0.6 is 0 Å². The molecule has 3 heteroatoms. The van der Waals surface area contributed by atoms with Crippen molar-refractivity contribution in [3.8, 4) is 0 Å². The predicted octanol–water partition coefficient (Wildman–Crippen LogP) is 1.50. The van der Waals surface area contributed by atoms with Gasteiger partial charge in [0.1, 0.15) is 0 Å². The van der Waals surface area contributed by atoms with Crippen molar-refractivity contribution in [3.05, 3.63) is 29.8 Å². The number of anilines is 1. The molecule has 2 atom stereocenters. The summed E-state index contributed by atoms with van der Waals surface area (Å²) >= 11 is 0. The van der Waals surface area contributed by atoms with E-state index in [2.05, 4.69) is 55.0 Å². The molecule has 2 unspecified atom stereocenters. The number of nitrogens with zero attached hydrogens (tertiary/aromatic N) is 2. The highest BCUT2D eigenvalue weighted by Crippen LogP contribution is 2.24. The second kappa shape index (κ2) is 5.07. The number of benzene rings is 1. The van der Waals surface area contributed by atoms with Gasteiger partial charge in [-0.05, 0) is 32.5 Å². The molecular weight excluding hydrogens is 212 g/mol. The zero-order valence-corrected chi connectivity index (χ0v) is 10.9. The van der Waals surface area contributed by atoms with E-state index < -0.39 is 0 Å². The highest BCUT2D eigenvalue weighted by Gasteiger charge is 2.29. The van der Waals surface area contributed by atoms with Gasteiger partial charge in [0.15, 0.2) is 0 Å². The van der Waals surface area contributed by atoms with Crippen molar-refractivity contribution in [2.75, 3.05) is 31.6 Å². The van der Waals surface area contributed by atoms with Crippen molar-refractivity contribution in [1.82, 2.24) is 4.90 Å². The van der Waals surface area contributed by atoms with Crippen molar-refractivity contribution < 1.29 is 5.11 Å². The van der Waals surface area contributed by atoms with E-state index in [0.29, 0.717) is 6.04 Å². The van der Waals surface area contributed by atoms with Gasteiger partial charge >= 0.3 is 0 Å². The summed E-state index contributed by atoms with van der Waals surface area (Å²) in [5, 5.41) is 9.44. The fraction of sp³-hybridized carbons (Fsp3) is 0.571. The van der Waals surface area contributed by atoms with Crippen molar-refractivity contribution in [1.29, 1.82) is 0 Å². The first-order chi connectivity index (χ1) is 8.13. The summed E-state index contributed by atoms with van der Waals surface area (Å²) in [6.07, 6.45) is 0. The number of hydrogen-bond acceptors (Lipinski definition) is 3. The zero-order chi connectivity index (χ0) is 12.4. The van der Waals surface area contributed by atoms with E-state index >= 15 is 0 Å². The molecule has 17 heavy (non-hydrogen) atoms. The molecule has 0 aromatic heterocycles. The molecule has 0 bridgehead atoms. The van der Waals surface area contributed by atoms with Gasteiger partial charge in [0.05, 0.1) is 12.6 Å². The number of rotatable bonds is 2. The van der Waals surface area contributed by atoms with Crippen LogP contribution in [0.4, 0.5) is 5.69 Å². The molecule has 1 aliphatic heterocycles. The first-order valence-corrected chi connectivity index (χ1v) is 6.27. The quantitative estimate of drug-likeness (QED) is 0.840. The molecule has 1 aliphatic rings. The lowest BCUT2D eigenvalue weighted by Gasteiger charge is -2.44. The number of piperazine rings is 1. The van der Waals surface area contributed by atoms with Gasteiger partial charge in [-0.15, -0.1) is 0 Å². The van der Waals surface area contributed by atoms with E-state index in [1.54, 1.807) is 0 Å². The van der Waals surface area contributed by atoms with Gasteiger partial charge in [-0.25, -0.2) is 0 Å². The largest absolute Gasteiger partial charge is 0.395 e. The predicted molar refractivity (Wildman–Crippen MR) is 71.5 cm³/mol. The Morgan fingerprint density at radius 2 is 2.00 bits per heavy atom. The molecule has 0 saturated carbocycles. The van der Waals surface area contributed by atoms with Gasteiger partial charge < -0.3 is 10.0 Å². The van der Waals surface area contributed by atoms with Crippen LogP contribution in [0.15, 0.2) is 24.3 Å². The van der Waals surface area contributed by atoms with Crippen LogP contribution in [0.3, 0.4) is 0 Å². The van der Waals surface area contributed by atoms with E-state index in [0.717, 1.165) is 13.1 Å². The normalized spacial score (nSPS) is 26.2. The van der Waals surface area contributed by atoms with Crippen LogP contribution in [-0.2, 0) is 0 Å². The molecule has 1 aromatic carbocycles. The van der Waals surface area contributed by atoms with Crippen molar-refractivity contribution in [2.24, 2.45) is 0 Å². The van der Waals surface area contributed by atoms with Crippen LogP contribution in [0, 0.1) is 6.92 Å². The lowest BCUT2D eigenvalue weighted by atomic mass is 10.1. The smallest absolute Gasteiger partial charge is 0.0604 e. The topological polar surface area (TPSA) is 26.7 Å². The van der Waals surface area contributed by atoms with Crippen molar-refractivity contribution >= 4 is 5.69 Å². The lowest BCUT2D eigenvalue weighted by molar-refractivity contribution is 0.0996. The Morgan fingerprint density at radius 1 is 1.29 bits per heavy atom. The summed E-state index contributed by atoms with van der Waals surface area (Å²) in [6.45, 7) is 6.52. The second-order valence-electron chi connectivity index (χ2n) is 5.04. The summed E-state index contributed by atoms with van der Waals surface area (Å²) in [6, 6.07) is 9.17. The summed E-state index contributed by atoms with van der Waals surface area (Å²) < 4.78 is 0. The Balaban J connectivity index is 2.20. The number of aliphatic hydroxyl groups is 1. The molecule has 0 radical (unpaired) electrons. The highest BCUT2D eigenvalue weighted by atomic mass is 16.3. The van der Waals surface area contributed by atoms with E-state index in [9.17, 15) is 5.11 Å². The minimum absolute atomic E-state index is 0.225. The molecule has 1 fully saturated rings. The summed E-state index contributed by atoms with van der Waals surface area (Å²) in [7, 11) is 2.10. The number of likely N-dealkylation sites (N-methyl/N-ethyl adjacent to an activating group) is 1. The summed E-state index contributed by atoms with van der Waals surface area (Å²) in [4.78, 5) is 4.66. The van der Waals surface area contributed by atoms with Crippen LogP contribution < -0.4 is 4.90 Å². The third-order valence-corrected chi connectivity index (χ3v) is 3.85. The fourth-order valence-electron chi connectivity index (χ4n) is 2.57. The third-order valence-electron chi connectivity index (χ3n) is 3.85. The van der Waals surface area contributed by atoms with E-state index in [1.807, 2.05) is 0 Å². The van der Waals surface area contributed by atoms with E-state index in [4.69, 9.17) is 0 Å². The average molecular weight is 234 g/mol. The monoisotopic (exact) mass is 234 g/mol. The number of hydrogen-bond donors (Lipinski definition) is 1. The molecule has 0 amide bonds. The van der Waals surface area contributed by atoms with Crippen LogP contribution in [0.2, 0.25) is 0 Å². The summed E-state index contributed by atoms with van der Waals surface area (Å²) in [5.74, 6) is 0. The van der Waals surface area contributed by atoms with Crippen molar-refractivity contribution in [3.63, 3.8) is 0 Å². The molecule has 0 aliphatic carbocycles. The Kier molecular flexibility index (Phi) is 3.69. The molecule has 1 heterocycles. The SMILES string of the molecule is Cc1ccccc1N1CC(C)N(C)C(CO)C1. The molecule has 94 valence electrons. The number of aryl methyl sites for hydroxylation is 1. The molecule has 2 rings (SSSR count). The maximum atomic E-state index is 9.44. The summed E-state index contributed by atoms with van der Waals surface area (Å²) in [5.41, 5.74) is 2.60. The minimum atomic E-state index is 0.225. The molecule has 1 saturated heterocycles. The van der Waals surface area contributed by atoms with Crippen LogP contribution in [0.1, 0.15) is 12.5 Å². The highest BCUT2D eigenvalue weighted by molar-refractivity contribution is 5.53. The maximum absolute atomic E-state index is 9.44. The Bertz CT molecular complexity index is 380. The number of para-hydroxylation sites is 1. The van der Waals surface area contributed by atoms with Crippen LogP contribution in [0.5, 0.6) is 0 Å². The van der Waals surface area contributed by atoms with Crippen LogP contribution in [-0.4, -0.2) is 48.8 Å². The average Bonchev–Trinajstić information content (AvgIpc) is 2.33. The molecular formula is C14H22N2O. The van der Waals surface area contributed by atoms with Gasteiger partial charge in [-0.2, -0.15) is 0 Å². The first-order valence-electron chi connectivity index (χ1n) is 6.27. The van der Waals surface area contributed by atoms with Crippen molar-refractivity contribution in [2.45, 2.75) is 25.9 Å². The standard InChI is InChI=1S/C14H22N2O/c1-11-6-4-5-7-14(11)16-8-12(2)15(3)13(9-16)10-17/h4-7,12-13,17H,8-10H2,1-3H3. The fourth-order valence-corrected chi connectivity index (χ4v) is 2.57. The van der Waals surface area contributed by atoms with Crippen LogP contribution in [0.25, 0.3) is 0 Å². The zero-order valence-electron chi connectivity index (χ0n) is 10.9. The Morgan fingerprint density at radius 3 is 2.65 bits per heavy atom. The van der Waals surface area contributed by atoms with Gasteiger partial charge in [-0.1, -0.05) is 18.2 Å². The minimum Gasteiger partial charge on any atom is -0.395 e. The number of aliphatic hydroxyl groups excluding tert-OH is 1. The lowest BCUT2D eigenvalue weighted by Crippen LogP contribution is -2.57. The molecule has 0 spiro atoms. The third kappa shape index (κ3) is 2.45. The Hall–Kier alpha value is -1.06. The molecule has 1 N–H and O–H groups in total. The Labute approximate surface area is 104 Å². The van der Waals surface area contributed by atoms with Gasteiger partial charge in [-0.3, -0.25) is 4.90 Å². The molecule has 3 nitrogen and oxygen atoms in total. The van der Waals surface area contributed by atoms with Gasteiger partial charge in [0.25, 0.3) is 0 Å². The van der Waals surface area contributed by atoms with Gasteiger partial charge in [0, 0.05) is 24.8 Å². The van der Waals surface area contributed by atoms with E-state index in [1.165, 1.54) is 11.3 Å². The second-order valence-corrected chi connectivity index (χ2v) is 5.04. The van der Waals surface area contributed by atoms with E-state index in [-0.39, 0.29) is 12.6 Å². The van der Waals surface area contributed by atoms with Gasteiger partial charge in [0.2, 0.25) is 0 Å².